The van der Waals surface area contributed by atoms with E-state index in [0.29, 0.717) is 5.02 Å². The Hall–Kier alpha value is -2.27. The summed E-state index contributed by atoms with van der Waals surface area (Å²) in [6.07, 6.45) is 0. The van der Waals surface area contributed by atoms with Gasteiger partial charge in [-0.25, -0.2) is 0 Å². The topological polar surface area (TPSA) is 79.5 Å². The lowest BCUT2D eigenvalue weighted by Crippen LogP contribution is -2.24. The Bertz CT molecular complexity index is 691. The molecule has 0 spiro atoms. The van der Waals surface area contributed by atoms with E-state index in [1.807, 2.05) is 0 Å². The molecule has 0 radical (unpaired) electrons. The second-order valence-corrected chi connectivity index (χ2v) is 4.64. The molecule has 1 aromatic heterocycles. The van der Waals surface area contributed by atoms with Gasteiger partial charge in [0.05, 0.1) is 0 Å². The zero-order chi connectivity index (χ0) is 14.7. The highest BCUT2D eigenvalue weighted by molar-refractivity contribution is 6.30. The normalized spacial score (nSPS) is 10.3. The van der Waals surface area contributed by atoms with Gasteiger partial charge in [-0.15, -0.1) is 0 Å². The van der Waals surface area contributed by atoms with Gasteiger partial charge in [0.2, 0.25) is 16.9 Å². The maximum atomic E-state index is 11.9. The average molecular weight is 294 g/mol. The third kappa shape index (κ3) is 3.19. The molecule has 0 saturated carbocycles. The predicted octanol–water partition coefficient (Wildman–Crippen LogP) is 2.24. The molecule has 6 heteroatoms. The molecule has 0 fully saturated rings. The van der Waals surface area contributed by atoms with E-state index in [4.69, 9.17) is 16.0 Å². The van der Waals surface area contributed by atoms with Crippen LogP contribution >= 0.6 is 11.6 Å². The van der Waals surface area contributed by atoms with Gasteiger partial charge < -0.3 is 14.8 Å². The van der Waals surface area contributed by atoms with Crippen molar-refractivity contribution in [2.45, 2.75) is 13.5 Å². The Balaban J connectivity index is 2.13. The van der Waals surface area contributed by atoms with Crippen LogP contribution in [0.1, 0.15) is 21.9 Å². The Labute approximate surface area is 119 Å². The van der Waals surface area contributed by atoms with E-state index in [9.17, 15) is 14.7 Å². The summed E-state index contributed by atoms with van der Waals surface area (Å²) in [5.74, 6) is -1.48. The second kappa shape index (κ2) is 5.79. The highest BCUT2D eigenvalue weighted by Gasteiger charge is 2.17. The number of aryl methyl sites for hydroxylation is 1. The van der Waals surface area contributed by atoms with E-state index in [1.165, 1.54) is 6.92 Å². The molecule has 104 valence electrons. The summed E-state index contributed by atoms with van der Waals surface area (Å²) in [7, 11) is 0. The fraction of sp³-hybridized carbons (Fsp3) is 0.143. The van der Waals surface area contributed by atoms with E-state index in [0.717, 1.165) is 11.6 Å². The molecule has 0 bridgehead atoms. The summed E-state index contributed by atoms with van der Waals surface area (Å²) in [6.45, 7) is 1.75. The summed E-state index contributed by atoms with van der Waals surface area (Å²) in [6, 6.07) is 8.04. The number of amides is 1. The molecule has 0 unspecified atom stereocenters. The zero-order valence-corrected chi connectivity index (χ0v) is 11.4. The van der Waals surface area contributed by atoms with Gasteiger partial charge in [0, 0.05) is 17.6 Å². The number of hydrogen-bond acceptors (Lipinski definition) is 4. The summed E-state index contributed by atoms with van der Waals surface area (Å²) in [5, 5.41) is 12.7. The van der Waals surface area contributed by atoms with Crippen molar-refractivity contribution in [3.8, 4) is 5.75 Å². The van der Waals surface area contributed by atoms with Crippen LogP contribution in [0.2, 0.25) is 5.02 Å². The van der Waals surface area contributed by atoms with Gasteiger partial charge in [-0.3, -0.25) is 9.59 Å². The molecule has 0 saturated heterocycles. The van der Waals surface area contributed by atoms with Crippen LogP contribution in [0, 0.1) is 6.92 Å². The van der Waals surface area contributed by atoms with Crippen molar-refractivity contribution in [3.05, 3.63) is 62.7 Å². The minimum Gasteiger partial charge on any atom is -0.501 e. The lowest BCUT2D eigenvalue weighted by Gasteiger charge is -2.06. The molecule has 1 heterocycles. The fourth-order valence-electron chi connectivity index (χ4n) is 1.62. The quantitative estimate of drug-likeness (QED) is 0.909. The monoisotopic (exact) mass is 293 g/mol. The zero-order valence-electron chi connectivity index (χ0n) is 10.6. The average Bonchev–Trinajstić information content (AvgIpc) is 2.42. The fourth-order valence-corrected chi connectivity index (χ4v) is 1.75. The first-order valence-corrected chi connectivity index (χ1v) is 6.21. The number of aromatic hydroxyl groups is 1. The van der Waals surface area contributed by atoms with Crippen LogP contribution in [-0.2, 0) is 6.54 Å². The van der Waals surface area contributed by atoms with Gasteiger partial charge in [0.1, 0.15) is 5.76 Å². The molecule has 20 heavy (non-hydrogen) atoms. The summed E-state index contributed by atoms with van der Waals surface area (Å²) in [4.78, 5) is 23.3. The van der Waals surface area contributed by atoms with Gasteiger partial charge in [0.15, 0.2) is 0 Å². The lowest BCUT2D eigenvalue weighted by atomic mass is 10.2. The molecular formula is C14H12ClNO4. The van der Waals surface area contributed by atoms with Crippen LogP contribution in [0.4, 0.5) is 0 Å². The van der Waals surface area contributed by atoms with E-state index in [1.54, 1.807) is 24.3 Å². The van der Waals surface area contributed by atoms with Gasteiger partial charge >= 0.3 is 0 Å². The van der Waals surface area contributed by atoms with E-state index >= 15 is 0 Å². The first-order chi connectivity index (χ1) is 9.47. The number of hydrogen-bond donors (Lipinski definition) is 2. The van der Waals surface area contributed by atoms with Gasteiger partial charge in [0.25, 0.3) is 5.91 Å². The standard InChI is InChI=1S/C14H12ClNO4/c1-8-6-11(17)12(18)13(20-8)14(19)16-7-9-2-4-10(15)5-3-9/h2-6,18H,7H2,1H3,(H,16,19). The van der Waals surface area contributed by atoms with Crippen LogP contribution < -0.4 is 10.7 Å². The first-order valence-electron chi connectivity index (χ1n) is 5.83. The maximum Gasteiger partial charge on any atom is 0.291 e. The molecule has 0 aliphatic rings. The van der Waals surface area contributed by atoms with Crippen molar-refractivity contribution >= 4 is 17.5 Å². The van der Waals surface area contributed by atoms with Gasteiger partial charge in [-0.1, -0.05) is 23.7 Å². The van der Waals surface area contributed by atoms with Crippen LogP contribution in [0.3, 0.4) is 0 Å². The molecular weight excluding hydrogens is 282 g/mol. The van der Waals surface area contributed by atoms with Crippen molar-refractivity contribution < 1.29 is 14.3 Å². The maximum absolute atomic E-state index is 11.9. The Morgan fingerprint density at radius 1 is 1.35 bits per heavy atom. The molecule has 1 aromatic carbocycles. The molecule has 0 aliphatic carbocycles. The molecule has 0 aliphatic heterocycles. The van der Waals surface area contributed by atoms with Crippen molar-refractivity contribution in [1.29, 1.82) is 0 Å². The number of benzene rings is 1. The minimum atomic E-state index is -0.691. The van der Waals surface area contributed by atoms with Crippen LogP contribution in [0.5, 0.6) is 5.75 Å². The number of carbonyl (C=O) groups excluding carboxylic acids is 1. The largest absolute Gasteiger partial charge is 0.501 e. The summed E-state index contributed by atoms with van der Waals surface area (Å²) < 4.78 is 5.08. The molecule has 0 atom stereocenters. The third-order valence-corrected chi connectivity index (χ3v) is 2.87. The number of nitrogens with one attached hydrogen (secondary N) is 1. The predicted molar refractivity (Wildman–Crippen MR) is 74.0 cm³/mol. The van der Waals surface area contributed by atoms with Crippen LogP contribution in [-0.4, -0.2) is 11.0 Å². The van der Waals surface area contributed by atoms with E-state index in [-0.39, 0.29) is 18.1 Å². The van der Waals surface area contributed by atoms with E-state index in [2.05, 4.69) is 5.32 Å². The summed E-state index contributed by atoms with van der Waals surface area (Å²) >= 11 is 5.76. The SMILES string of the molecule is Cc1cc(=O)c(O)c(C(=O)NCc2ccc(Cl)cc2)o1. The van der Waals surface area contributed by atoms with Crippen molar-refractivity contribution in [2.75, 3.05) is 0 Å². The first kappa shape index (κ1) is 14.1. The smallest absolute Gasteiger partial charge is 0.291 e. The second-order valence-electron chi connectivity index (χ2n) is 4.21. The van der Waals surface area contributed by atoms with E-state index < -0.39 is 17.1 Å². The Kier molecular flexibility index (Phi) is 4.10. The molecule has 5 nitrogen and oxygen atoms in total. The Morgan fingerprint density at radius 3 is 2.65 bits per heavy atom. The van der Waals surface area contributed by atoms with Crippen LogP contribution in [0.15, 0.2) is 39.5 Å². The lowest BCUT2D eigenvalue weighted by molar-refractivity contribution is 0.0913. The number of carbonyl (C=O) groups is 1. The highest BCUT2D eigenvalue weighted by atomic mass is 35.5. The third-order valence-electron chi connectivity index (χ3n) is 2.62. The van der Waals surface area contributed by atoms with Crippen LogP contribution in [0.25, 0.3) is 0 Å². The Morgan fingerprint density at radius 2 is 2.00 bits per heavy atom. The highest BCUT2D eigenvalue weighted by Crippen LogP contribution is 2.14. The van der Waals surface area contributed by atoms with Crippen molar-refractivity contribution in [1.82, 2.24) is 5.32 Å². The van der Waals surface area contributed by atoms with Gasteiger partial charge in [-0.05, 0) is 24.6 Å². The number of halogens is 1. The van der Waals surface area contributed by atoms with Crippen molar-refractivity contribution in [3.63, 3.8) is 0 Å². The molecule has 2 aromatic rings. The molecule has 2 N–H and O–H groups in total. The van der Waals surface area contributed by atoms with Crippen molar-refractivity contribution in [2.24, 2.45) is 0 Å². The molecule has 2 rings (SSSR count). The summed E-state index contributed by atoms with van der Waals surface area (Å²) in [5.41, 5.74) is 0.183. The molecule has 1 amide bonds. The van der Waals surface area contributed by atoms with Gasteiger partial charge in [-0.2, -0.15) is 0 Å². The number of rotatable bonds is 3. The minimum absolute atomic E-state index is 0.229.